The molecule has 2 aromatic carbocycles. The van der Waals surface area contributed by atoms with Crippen LogP contribution in [0.3, 0.4) is 0 Å². The van der Waals surface area contributed by atoms with Crippen LogP contribution in [-0.2, 0) is 27.3 Å². The van der Waals surface area contributed by atoms with E-state index >= 15 is 0 Å². The number of para-hydroxylation sites is 1. The number of benzene rings is 2. The van der Waals surface area contributed by atoms with Gasteiger partial charge < -0.3 is 14.5 Å². The van der Waals surface area contributed by atoms with E-state index in [1.165, 1.54) is 18.1 Å². The number of aryl methyl sites for hydroxylation is 1. The fraction of sp³-hybridized carbons (Fsp3) is 0.238. The standard InChI is InChI=1S/C21H21NO4/c1-25-21(24)16-7-4-6-15(12-16)14-26-20(23)11-5-8-17-13-22-19-10-3-2-9-18(17)19/h2-4,6-7,9-10,12-13,22H,5,8,11,14H2,1H3. The largest absolute Gasteiger partial charge is 0.465 e. The summed E-state index contributed by atoms with van der Waals surface area (Å²) >= 11 is 0. The highest BCUT2D eigenvalue weighted by atomic mass is 16.5. The van der Waals surface area contributed by atoms with Crippen LogP contribution in [0.4, 0.5) is 0 Å². The van der Waals surface area contributed by atoms with E-state index in [1.807, 2.05) is 30.5 Å². The number of carbonyl (C=O) groups excluding carboxylic acids is 2. The van der Waals surface area contributed by atoms with Crippen LogP contribution in [-0.4, -0.2) is 24.0 Å². The predicted octanol–water partition coefficient (Wildman–Crippen LogP) is 4.02. The molecule has 1 aromatic heterocycles. The SMILES string of the molecule is COC(=O)c1cccc(COC(=O)CCCc2c[nH]c3ccccc23)c1. The van der Waals surface area contributed by atoms with Crippen molar-refractivity contribution < 1.29 is 19.1 Å². The summed E-state index contributed by atoms with van der Waals surface area (Å²) in [5.74, 6) is -0.648. The first kappa shape index (κ1) is 17.7. The zero-order chi connectivity index (χ0) is 18.4. The summed E-state index contributed by atoms with van der Waals surface area (Å²) in [5.41, 5.74) is 3.52. The molecule has 0 bridgehead atoms. The molecule has 3 rings (SSSR count). The van der Waals surface area contributed by atoms with Gasteiger partial charge in [0.15, 0.2) is 0 Å². The molecule has 0 aliphatic rings. The highest BCUT2D eigenvalue weighted by molar-refractivity contribution is 5.89. The van der Waals surface area contributed by atoms with Gasteiger partial charge in [0, 0.05) is 23.5 Å². The Hall–Kier alpha value is -3.08. The second kappa shape index (κ2) is 8.34. The van der Waals surface area contributed by atoms with Gasteiger partial charge in [-0.1, -0.05) is 30.3 Å². The van der Waals surface area contributed by atoms with E-state index in [1.54, 1.807) is 18.2 Å². The Morgan fingerprint density at radius 1 is 1.08 bits per heavy atom. The number of rotatable bonds is 7. The monoisotopic (exact) mass is 351 g/mol. The Morgan fingerprint density at radius 2 is 1.92 bits per heavy atom. The van der Waals surface area contributed by atoms with E-state index in [0.717, 1.165) is 23.9 Å². The van der Waals surface area contributed by atoms with E-state index in [4.69, 9.17) is 4.74 Å². The maximum atomic E-state index is 12.0. The van der Waals surface area contributed by atoms with Crippen molar-refractivity contribution in [3.05, 3.63) is 71.4 Å². The number of methoxy groups -OCH3 is 1. The Labute approximate surface area is 151 Å². The molecule has 1 N–H and O–H groups in total. The molecule has 0 aliphatic heterocycles. The number of nitrogens with one attached hydrogen (secondary N) is 1. The third kappa shape index (κ3) is 4.30. The quantitative estimate of drug-likeness (QED) is 0.653. The van der Waals surface area contributed by atoms with Gasteiger partial charge in [-0.25, -0.2) is 4.79 Å². The molecule has 26 heavy (non-hydrogen) atoms. The first-order chi connectivity index (χ1) is 12.7. The van der Waals surface area contributed by atoms with Gasteiger partial charge in [-0.15, -0.1) is 0 Å². The normalized spacial score (nSPS) is 10.7. The summed E-state index contributed by atoms with van der Waals surface area (Å²) in [5, 5.41) is 1.19. The van der Waals surface area contributed by atoms with Crippen molar-refractivity contribution in [1.82, 2.24) is 4.98 Å². The van der Waals surface area contributed by atoms with Gasteiger partial charge in [-0.05, 0) is 42.2 Å². The maximum absolute atomic E-state index is 12.0. The molecule has 0 atom stereocenters. The fourth-order valence-corrected chi connectivity index (χ4v) is 2.90. The summed E-state index contributed by atoms with van der Waals surface area (Å²) in [4.78, 5) is 26.7. The van der Waals surface area contributed by atoms with Gasteiger partial charge >= 0.3 is 11.9 Å². The molecule has 0 spiro atoms. The molecule has 0 aliphatic carbocycles. The number of hydrogen-bond acceptors (Lipinski definition) is 4. The van der Waals surface area contributed by atoms with Crippen LogP contribution >= 0.6 is 0 Å². The Kier molecular flexibility index (Phi) is 5.69. The minimum atomic E-state index is -0.406. The number of esters is 2. The Bertz CT molecular complexity index is 913. The van der Waals surface area contributed by atoms with Crippen LogP contribution in [0.2, 0.25) is 0 Å². The summed E-state index contributed by atoms with van der Waals surface area (Å²) < 4.78 is 9.99. The summed E-state index contributed by atoms with van der Waals surface area (Å²) in [6, 6.07) is 15.0. The van der Waals surface area contributed by atoms with E-state index in [-0.39, 0.29) is 12.6 Å². The molecular formula is C21H21NO4. The molecule has 134 valence electrons. The van der Waals surface area contributed by atoms with Gasteiger partial charge in [0.25, 0.3) is 0 Å². The van der Waals surface area contributed by atoms with Crippen molar-refractivity contribution in [2.24, 2.45) is 0 Å². The van der Waals surface area contributed by atoms with Gasteiger partial charge in [-0.3, -0.25) is 4.79 Å². The molecule has 0 saturated heterocycles. The van der Waals surface area contributed by atoms with E-state index in [9.17, 15) is 9.59 Å². The zero-order valence-electron chi connectivity index (χ0n) is 14.7. The molecule has 3 aromatic rings. The minimum absolute atomic E-state index is 0.150. The lowest BCUT2D eigenvalue weighted by Gasteiger charge is -2.06. The minimum Gasteiger partial charge on any atom is -0.465 e. The average Bonchev–Trinajstić information content (AvgIpc) is 3.09. The smallest absolute Gasteiger partial charge is 0.337 e. The highest BCUT2D eigenvalue weighted by Gasteiger charge is 2.09. The van der Waals surface area contributed by atoms with Crippen LogP contribution in [0.25, 0.3) is 10.9 Å². The van der Waals surface area contributed by atoms with Crippen molar-refractivity contribution in [2.75, 3.05) is 7.11 Å². The van der Waals surface area contributed by atoms with E-state index in [0.29, 0.717) is 12.0 Å². The number of hydrogen-bond donors (Lipinski definition) is 1. The summed E-state index contributed by atoms with van der Waals surface area (Å²) in [6.45, 7) is 0.150. The van der Waals surface area contributed by atoms with Crippen LogP contribution in [0.1, 0.15) is 34.3 Å². The lowest BCUT2D eigenvalue weighted by Crippen LogP contribution is -2.06. The number of carbonyl (C=O) groups is 2. The molecule has 5 heteroatoms. The van der Waals surface area contributed by atoms with Crippen molar-refractivity contribution >= 4 is 22.8 Å². The predicted molar refractivity (Wildman–Crippen MR) is 98.8 cm³/mol. The lowest BCUT2D eigenvalue weighted by atomic mass is 10.1. The topological polar surface area (TPSA) is 68.4 Å². The lowest BCUT2D eigenvalue weighted by molar-refractivity contribution is -0.145. The highest BCUT2D eigenvalue weighted by Crippen LogP contribution is 2.19. The molecule has 5 nitrogen and oxygen atoms in total. The number of fused-ring (bicyclic) bond motifs is 1. The molecular weight excluding hydrogens is 330 g/mol. The maximum Gasteiger partial charge on any atom is 0.337 e. The van der Waals surface area contributed by atoms with E-state index in [2.05, 4.69) is 15.8 Å². The molecule has 0 radical (unpaired) electrons. The Morgan fingerprint density at radius 3 is 2.77 bits per heavy atom. The second-order valence-electron chi connectivity index (χ2n) is 6.07. The van der Waals surface area contributed by atoms with Crippen molar-refractivity contribution in [1.29, 1.82) is 0 Å². The average molecular weight is 351 g/mol. The molecule has 0 amide bonds. The number of aromatic nitrogens is 1. The van der Waals surface area contributed by atoms with Crippen LogP contribution < -0.4 is 0 Å². The number of H-pyrrole nitrogens is 1. The summed E-state index contributed by atoms with van der Waals surface area (Å²) in [7, 11) is 1.34. The van der Waals surface area contributed by atoms with Gasteiger partial charge in [0.05, 0.1) is 12.7 Å². The molecule has 1 heterocycles. The van der Waals surface area contributed by atoms with Crippen molar-refractivity contribution in [3.8, 4) is 0 Å². The van der Waals surface area contributed by atoms with Gasteiger partial charge in [-0.2, -0.15) is 0 Å². The van der Waals surface area contributed by atoms with Crippen molar-refractivity contribution in [3.63, 3.8) is 0 Å². The van der Waals surface area contributed by atoms with Gasteiger partial charge in [0.1, 0.15) is 6.61 Å². The molecule has 0 unspecified atom stereocenters. The zero-order valence-corrected chi connectivity index (χ0v) is 14.7. The fourth-order valence-electron chi connectivity index (χ4n) is 2.90. The first-order valence-electron chi connectivity index (χ1n) is 8.55. The molecule has 0 fully saturated rings. The van der Waals surface area contributed by atoms with Crippen molar-refractivity contribution in [2.45, 2.75) is 25.9 Å². The van der Waals surface area contributed by atoms with Crippen LogP contribution in [0.15, 0.2) is 54.7 Å². The number of aromatic amines is 1. The Balaban J connectivity index is 1.47. The van der Waals surface area contributed by atoms with Gasteiger partial charge in [0.2, 0.25) is 0 Å². The van der Waals surface area contributed by atoms with Crippen LogP contribution in [0.5, 0.6) is 0 Å². The second-order valence-corrected chi connectivity index (χ2v) is 6.07. The molecule has 0 saturated carbocycles. The third-order valence-electron chi connectivity index (χ3n) is 4.25. The van der Waals surface area contributed by atoms with Crippen LogP contribution in [0, 0.1) is 0 Å². The number of ether oxygens (including phenoxy) is 2. The third-order valence-corrected chi connectivity index (χ3v) is 4.25. The summed E-state index contributed by atoms with van der Waals surface area (Å²) in [6.07, 6.45) is 3.89. The first-order valence-corrected chi connectivity index (χ1v) is 8.55. The van der Waals surface area contributed by atoms with E-state index < -0.39 is 5.97 Å².